The lowest BCUT2D eigenvalue weighted by Gasteiger charge is -2.36. The van der Waals surface area contributed by atoms with Crippen LogP contribution in [0.15, 0.2) is 0 Å². The smallest absolute Gasteiger partial charge is 0.0114 e. The van der Waals surface area contributed by atoms with Crippen molar-refractivity contribution in [2.24, 2.45) is 5.92 Å². The lowest BCUT2D eigenvalue weighted by molar-refractivity contribution is 0.149. The lowest BCUT2D eigenvalue weighted by Crippen LogP contribution is -2.47. The van der Waals surface area contributed by atoms with Gasteiger partial charge in [0.25, 0.3) is 0 Å². The first-order chi connectivity index (χ1) is 10.3. The maximum Gasteiger partial charge on any atom is 0.0114 e. The second-order valence-corrected chi connectivity index (χ2v) is 7.14. The molecule has 1 aliphatic heterocycles. The Labute approximate surface area is 134 Å². The highest BCUT2D eigenvalue weighted by molar-refractivity contribution is 4.81. The van der Waals surface area contributed by atoms with E-state index in [1.54, 1.807) is 0 Å². The van der Waals surface area contributed by atoms with Crippen LogP contribution in [0.2, 0.25) is 0 Å². The Kier molecular flexibility index (Phi) is 11.3. The molecular weight excluding hydrogens is 256 g/mol. The lowest BCUT2D eigenvalue weighted by atomic mass is 9.94. The Balaban J connectivity index is 1.86. The molecule has 0 amide bonds. The standard InChI is InChI=1S/C19H40N2/c1-4-5-6-7-8-9-10-11-12-13-15-21-16-14-19(20-3)18(2)17-21/h18-20H,4-17H2,1-3H3. The zero-order valence-electron chi connectivity index (χ0n) is 15.0. The van der Waals surface area contributed by atoms with E-state index in [2.05, 4.69) is 31.1 Å². The predicted octanol–water partition coefficient (Wildman–Crippen LogP) is 4.84. The Bertz CT molecular complexity index is 230. The number of nitrogens with zero attached hydrogens (tertiary/aromatic N) is 1. The molecule has 1 fully saturated rings. The summed E-state index contributed by atoms with van der Waals surface area (Å²) in [5, 5.41) is 3.46. The molecule has 0 aromatic carbocycles. The van der Waals surface area contributed by atoms with Gasteiger partial charge in [0.1, 0.15) is 0 Å². The number of piperidine rings is 1. The zero-order chi connectivity index (χ0) is 15.3. The summed E-state index contributed by atoms with van der Waals surface area (Å²) in [6.45, 7) is 8.61. The van der Waals surface area contributed by atoms with Crippen LogP contribution in [-0.2, 0) is 0 Å². The minimum Gasteiger partial charge on any atom is -0.317 e. The number of unbranched alkanes of at least 4 members (excludes halogenated alkanes) is 9. The maximum atomic E-state index is 3.46. The molecule has 2 unspecified atom stereocenters. The van der Waals surface area contributed by atoms with Crippen molar-refractivity contribution in [2.45, 2.75) is 90.5 Å². The molecule has 1 N–H and O–H groups in total. The monoisotopic (exact) mass is 296 g/mol. The normalized spacial score (nSPS) is 23.6. The molecule has 0 aliphatic carbocycles. The van der Waals surface area contributed by atoms with E-state index >= 15 is 0 Å². The van der Waals surface area contributed by atoms with Gasteiger partial charge in [-0.2, -0.15) is 0 Å². The molecule has 1 aliphatic rings. The summed E-state index contributed by atoms with van der Waals surface area (Å²) in [6, 6.07) is 0.744. The van der Waals surface area contributed by atoms with Crippen molar-refractivity contribution in [3.63, 3.8) is 0 Å². The van der Waals surface area contributed by atoms with Crippen LogP contribution in [0.5, 0.6) is 0 Å². The van der Waals surface area contributed by atoms with Gasteiger partial charge in [-0.3, -0.25) is 0 Å². The van der Waals surface area contributed by atoms with Gasteiger partial charge in [0.15, 0.2) is 0 Å². The van der Waals surface area contributed by atoms with Crippen molar-refractivity contribution in [3.05, 3.63) is 0 Å². The van der Waals surface area contributed by atoms with Crippen molar-refractivity contribution in [1.82, 2.24) is 10.2 Å². The van der Waals surface area contributed by atoms with E-state index in [0.29, 0.717) is 0 Å². The van der Waals surface area contributed by atoms with E-state index in [4.69, 9.17) is 0 Å². The number of nitrogens with one attached hydrogen (secondary N) is 1. The molecule has 0 radical (unpaired) electrons. The van der Waals surface area contributed by atoms with Crippen LogP contribution in [0, 0.1) is 5.92 Å². The van der Waals surface area contributed by atoms with Gasteiger partial charge < -0.3 is 10.2 Å². The molecule has 0 spiro atoms. The second kappa shape index (κ2) is 12.5. The summed E-state index contributed by atoms with van der Waals surface area (Å²) < 4.78 is 0. The molecule has 0 saturated carbocycles. The van der Waals surface area contributed by atoms with Crippen LogP contribution < -0.4 is 5.32 Å². The largest absolute Gasteiger partial charge is 0.317 e. The van der Waals surface area contributed by atoms with Crippen LogP contribution in [0.3, 0.4) is 0 Å². The van der Waals surface area contributed by atoms with E-state index in [0.717, 1.165) is 12.0 Å². The fraction of sp³-hybridized carbons (Fsp3) is 1.00. The average molecular weight is 297 g/mol. The predicted molar refractivity (Wildman–Crippen MR) is 94.9 cm³/mol. The maximum absolute atomic E-state index is 3.46. The van der Waals surface area contributed by atoms with E-state index in [1.807, 2.05) is 0 Å². The van der Waals surface area contributed by atoms with Gasteiger partial charge in [-0.25, -0.2) is 0 Å². The van der Waals surface area contributed by atoms with Gasteiger partial charge >= 0.3 is 0 Å². The summed E-state index contributed by atoms with van der Waals surface area (Å²) in [7, 11) is 2.11. The van der Waals surface area contributed by atoms with Crippen molar-refractivity contribution in [3.8, 4) is 0 Å². The molecule has 126 valence electrons. The summed E-state index contributed by atoms with van der Waals surface area (Å²) in [4.78, 5) is 2.68. The van der Waals surface area contributed by atoms with Crippen molar-refractivity contribution in [1.29, 1.82) is 0 Å². The Hall–Kier alpha value is -0.0800. The molecule has 1 heterocycles. The van der Waals surface area contributed by atoms with Crippen molar-refractivity contribution >= 4 is 0 Å². The third kappa shape index (κ3) is 8.83. The molecule has 2 heteroatoms. The van der Waals surface area contributed by atoms with Crippen LogP contribution >= 0.6 is 0 Å². The highest BCUT2D eigenvalue weighted by Crippen LogP contribution is 2.17. The molecule has 2 nitrogen and oxygen atoms in total. The summed E-state index contributed by atoms with van der Waals surface area (Å²) in [6.07, 6.45) is 15.7. The number of hydrogen-bond acceptors (Lipinski definition) is 2. The number of rotatable bonds is 12. The summed E-state index contributed by atoms with van der Waals surface area (Å²) in [5.41, 5.74) is 0. The Morgan fingerprint density at radius 2 is 1.48 bits per heavy atom. The second-order valence-electron chi connectivity index (χ2n) is 7.14. The number of hydrogen-bond donors (Lipinski definition) is 1. The van der Waals surface area contributed by atoms with Crippen molar-refractivity contribution in [2.75, 3.05) is 26.7 Å². The molecule has 21 heavy (non-hydrogen) atoms. The van der Waals surface area contributed by atoms with Gasteiger partial charge in [0.05, 0.1) is 0 Å². The Morgan fingerprint density at radius 3 is 2.00 bits per heavy atom. The SMILES string of the molecule is CCCCCCCCCCCCN1CCC(NC)C(C)C1. The van der Waals surface area contributed by atoms with Crippen LogP contribution in [-0.4, -0.2) is 37.6 Å². The van der Waals surface area contributed by atoms with E-state index in [1.165, 1.54) is 90.3 Å². The number of likely N-dealkylation sites (tertiary alicyclic amines) is 1. The molecule has 2 atom stereocenters. The minimum absolute atomic E-state index is 0.744. The van der Waals surface area contributed by atoms with Crippen LogP contribution in [0.4, 0.5) is 0 Å². The van der Waals surface area contributed by atoms with Crippen LogP contribution in [0.1, 0.15) is 84.5 Å². The fourth-order valence-electron chi connectivity index (χ4n) is 3.69. The first-order valence-corrected chi connectivity index (χ1v) is 9.67. The first kappa shape index (κ1) is 19.0. The Morgan fingerprint density at radius 1 is 0.905 bits per heavy atom. The third-order valence-corrected chi connectivity index (χ3v) is 5.19. The van der Waals surface area contributed by atoms with Gasteiger partial charge in [0, 0.05) is 12.6 Å². The van der Waals surface area contributed by atoms with E-state index < -0.39 is 0 Å². The van der Waals surface area contributed by atoms with Gasteiger partial charge in [-0.1, -0.05) is 71.6 Å². The highest BCUT2D eigenvalue weighted by Gasteiger charge is 2.23. The van der Waals surface area contributed by atoms with E-state index in [9.17, 15) is 0 Å². The van der Waals surface area contributed by atoms with Gasteiger partial charge in [-0.15, -0.1) is 0 Å². The van der Waals surface area contributed by atoms with Crippen molar-refractivity contribution < 1.29 is 0 Å². The molecular formula is C19H40N2. The molecule has 0 aromatic rings. The minimum atomic E-state index is 0.744. The average Bonchev–Trinajstić information content (AvgIpc) is 2.49. The molecule has 0 bridgehead atoms. The molecule has 1 saturated heterocycles. The quantitative estimate of drug-likeness (QED) is 0.519. The zero-order valence-corrected chi connectivity index (χ0v) is 15.0. The van der Waals surface area contributed by atoms with Gasteiger partial charge in [-0.05, 0) is 38.9 Å². The van der Waals surface area contributed by atoms with E-state index in [-0.39, 0.29) is 0 Å². The van der Waals surface area contributed by atoms with Crippen LogP contribution in [0.25, 0.3) is 0 Å². The highest BCUT2D eigenvalue weighted by atomic mass is 15.1. The third-order valence-electron chi connectivity index (χ3n) is 5.19. The molecule has 0 aromatic heterocycles. The van der Waals surface area contributed by atoms with Gasteiger partial charge in [0.2, 0.25) is 0 Å². The first-order valence-electron chi connectivity index (χ1n) is 9.67. The molecule has 1 rings (SSSR count). The summed E-state index contributed by atoms with van der Waals surface area (Å²) >= 11 is 0. The fourth-order valence-corrected chi connectivity index (χ4v) is 3.69. The topological polar surface area (TPSA) is 15.3 Å². The summed E-state index contributed by atoms with van der Waals surface area (Å²) in [5.74, 6) is 0.812.